The summed E-state index contributed by atoms with van der Waals surface area (Å²) >= 11 is 0. The Morgan fingerprint density at radius 2 is 1.44 bits per heavy atom. The van der Waals surface area contributed by atoms with Gasteiger partial charge >= 0.3 is 10.4 Å². The number of hydrogen-bond acceptors (Lipinski definition) is 3. The van der Waals surface area contributed by atoms with Crippen molar-refractivity contribution in [1.82, 2.24) is 0 Å². The molecule has 0 aliphatic heterocycles. The predicted octanol–water partition coefficient (Wildman–Crippen LogP) is 4.12. The number of unbranched alkanes of at least 4 members (excludes halogenated alkanes) is 3. The van der Waals surface area contributed by atoms with E-state index in [2.05, 4.69) is 6.92 Å². The minimum absolute atomic E-state index is 0.673. The summed E-state index contributed by atoms with van der Waals surface area (Å²) < 4.78 is 36.0. The largest absolute Gasteiger partial charge is 0.397 e. The Morgan fingerprint density at radius 3 is 1.83 bits per heavy atom. The smallest absolute Gasteiger partial charge is 0.264 e. The van der Waals surface area contributed by atoms with E-state index >= 15 is 0 Å². The Hall–Kier alpha value is -0.130. The number of hydrogen-bond donors (Lipinski definition) is 1. The molecule has 0 aromatic carbocycles. The summed E-state index contributed by atoms with van der Waals surface area (Å²) in [7, 11) is -4.37. The van der Waals surface area contributed by atoms with Gasteiger partial charge in [0.2, 0.25) is 0 Å². The van der Waals surface area contributed by atoms with Gasteiger partial charge in [0, 0.05) is 0 Å². The van der Waals surface area contributed by atoms with Crippen LogP contribution < -0.4 is 0 Å². The average molecular weight is 280 g/mol. The van der Waals surface area contributed by atoms with Crippen LogP contribution in [0.25, 0.3) is 0 Å². The lowest BCUT2D eigenvalue weighted by Gasteiger charge is -2.31. The molecule has 0 bridgehead atoms. The minimum atomic E-state index is -4.37. The molecule has 0 unspecified atom stereocenters. The van der Waals surface area contributed by atoms with Gasteiger partial charge in [-0.25, -0.2) is 4.18 Å². The van der Waals surface area contributed by atoms with Gasteiger partial charge in [0.25, 0.3) is 0 Å². The molecule has 0 aliphatic carbocycles. The molecule has 18 heavy (non-hydrogen) atoms. The molecule has 0 atom stereocenters. The molecule has 1 N–H and O–H groups in total. The van der Waals surface area contributed by atoms with Gasteiger partial charge in [0.15, 0.2) is 0 Å². The van der Waals surface area contributed by atoms with Gasteiger partial charge in [-0.15, -0.1) is 0 Å². The normalized spacial score (nSPS) is 12.9. The Kier molecular flexibility index (Phi) is 8.82. The van der Waals surface area contributed by atoms with Crippen LogP contribution in [0.3, 0.4) is 0 Å². The van der Waals surface area contributed by atoms with Crippen molar-refractivity contribution < 1.29 is 17.2 Å². The van der Waals surface area contributed by atoms with E-state index in [-0.39, 0.29) is 0 Å². The molecule has 0 amide bonds. The highest BCUT2D eigenvalue weighted by molar-refractivity contribution is 7.80. The predicted molar refractivity (Wildman–Crippen MR) is 73.9 cm³/mol. The summed E-state index contributed by atoms with van der Waals surface area (Å²) in [5.41, 5.74) is -0.704. The Balaban J connectivity index is 4.62. The first kappa shape index (κ1) is 17.9. The van der Waals surface area contributed by atoms with Gasteiger partial charge in [0.1, 0.15) is 0 Å². The lowest BCUT2D eigenvalue weighted by Crippen LogP contribution is -2.35. The molecule has 0 aliphatic rings. The monoisotopic (exact) mass is 280 g/mol. The molecular weight excluding hydrogens is 252 g/mol. The molecular formula is C13H28O4S. The van der Waals surface area contributed by atoms with Gasteiger partial charge in [0.05, 0.1) is 5.60 Å². The zero-order valence-electron chi connectivity index (χ0n) is 11.9. The summed E-state index contributed by atoms with van der Waals surface area (Å²) in [6.07, 6.45) is 8.08. The molecule has 0 spiro atoms. The lowest BCUT2D eigenvalue weighted by molar-refractivity contribution is 0.0323. The van der Waals surface area contributed by atoms with Crippen LogP contribution in [0.1, 0.15) is 78.6 Å². The third-order valence-electron chi connectivity index (χ3n) is 3.18. The highest BCUT2D eigenvalue weighted by Gasteiger charge is 2.33. The van der Waals surface area contributed by atoms with E-state index in [4.69, 9.17) is 8.74 Å². The fourth-order valence-electron chi connectivity index (χ4n) is 2.51. The van der Waals surface area contributed by atoms with E-state index in [0.717, 1.165) is 38.5 Å². The van der Waals surface area contributed by atoms with Gasteiger partial charge < -0.3 is 0 Å². The van der Waals surface area contributed by atoms with Gasteiger partial charge in [-0.2, -0.15) is 8.42 Å². The summed E-state index contributed by atoms with van der Waals surface area (Å²) in [6, 6.07) is 0. The second kappa shape index (κ2) is 8.88. The van der Waals surface area contributed by atoms with E-state index in [0.29, 0.717) is 19.3 Å². The third kappa shape index (κ3) is 8.06. The Morgan fingerprint density at radius 1 is 0.889 bits per heavy atom. The van der Waals surface area contributed by atoms with Crippen molar-refractivity contribution in [3.8, 4) is 0 Å². The Bertz CT molecular complexity index is 292. The molecule has 4 nitrogen and oxygen atoms in total. The van der Waals surface area contributed by atoms with Crippen LogP contribution in [0, 0.1) is 0 Å². The van der Waals surface area contributed by atoms with Crippen LogP contribution in [0.2, 0.25) is 0 Å². The lowest BCUT2D eigenvalue weighted by atomic mass is 9.87. The highest BCUT2D eigenvalue weighted by atomic mass is 32.3. The zero-order valence-corrected chi connectivity index (χ0v) is 12.8. The van der Waals surface area contributed by atoms with E-state index < -0.39 is 16.0 Å². The third-order valence-corrected chi connectivity index (χ3v) is 3.74. The second-order valence-corrected chi connectivity index (χ2v) is 6.03. The highest BCUT2D eigenvalue weighted by Crippen LogP contribution is 2.32. The second-order valence-electron chi connectivity index (χ2n) is 5.00. The molecule has 0 fully saturated rings. The van der Waals surface area contributed by atoms with Crippen molar-refractivity contribution in [1.29, 1.82) is 0 Å². The van der Waals surface area contributed by atoms with Gasteiger partial charge in [-0.05, 0) is 19.3 Å². The zero-order chi connectivity index (χ0) is 14.1. The van der Waals surface area contributed by atoms with Crippen molar-refractivity contribution in [2.75, 3.05) is 0 Å². The van der Waals surface area contributed by atoms with Crippen LogP contribution in [0.4, 0.5) is 0 Å². The van der Waals surface area contributed by atoms with E-state index in [1.54, 1.807) is 0 Å². The fourth-order valence-corrected chi connectivity index (χ4v) is 3.21. The van der Waals surface area contributed by atoms with Crippen LogP contribution in [-0.4, -0.2) is 18.6 Å². The van der Waals surface area contributed by atoms with Crippen LogP contribution in [0.15, 0.2) is 0 Å². The van der Waals surface area contributed by atoms with Crippen molar-refractivity contribution in [3.63, 3.8) is 0 Å². The van der Waals surface area contributed by atoms with Crippen molar-refractivity contribution in [2.24, 2.45) is 0 Å². The molecule has 5 heteroatoms. The summed E-state index contributed by atoms with van der Waals surface area (Å²) in [5, 5.41) is 0. The van der Waals surface area contributed by atoms with Crippen molar-refractivity contribution >= 4 is 10.4 Å². The number of rotatable bonds is 11. The van der Waals surface area contributed by atoms with E-state index in [1.807, 2.05) is 13.8 Å². The topological polar surface area (TPSA) is 63.6 Å². The molecule has 0 heterocycles. The maximum atomic E-state index is 11.0. The first-order valence-electron chi connectivity index (χ1n) is 7.07. The molecule has 0 aromatic rings. The van der Waals surface area contributed by atoms with Gasteiger partial charge in [-0.3, -0.25) is 4.55 Å². The quantitative estimate of drug-likeness (QED) is 0.457. The van der Waals surface area contributed by atoms with Gasteiger partial charge in [-0.1, -0.05) is 59.3 Å². The summed E-state index contributed by atoms with van der Waals surface area (Å²) in [6.45, 7) is 6.15. The molecule has 0 saturated heterocycles. The summed E-state index contributed by atoms with van der Waals surface area (Å²) in [5.74, 6) is 0. The summed E-state index contributed by atoms with van der Waals surface area (Å²) in [4.78, 5) is 0. The average Bonchev–Trinajstić information content (AvgIpc) is 2.23. The first-order valence-corrected chi connectivity index (χ1v) is 8.43. The van der Waals surface area contributed by atoms with Crippen LogP contribution >= 0.6 is 0 Å². The van der Waals surface area contributed by atoms with E-state index in [1.165, 1.54) is 0 Å². The first-order chi connectivity index (χ1) is 8.39. The van der Waals surface area contributed by atoms with Crippen LogP contribution in [-0.2, 0) is 14.6 Å². The Labute approximate surface area is 112 Å². The van der Waals surface area contributed by atoms with E-state index in [9.17, 15) is 8.42 Å². The fraction of sp³-hybridized carbons (Fsp3) is 1.00. The van der Waals surface area contributed by atoms with Crippen LogP contribution in [0.5, 0.6) is 0 Å². The molecule has 0 aromatic heterocycles. The minimum Gasteiger partial charge on any atom is -0.264 e. The standard InChI is InChI=1S/C13H28O4S/c1-4-7-8-9-12-13(10-5-2,11-6-3)17-18(14,15)16/h4-12H2,1-3H3,(H,14,15,16). The molecule has 110 valence electrons. The van der Waals surface area contributed by atoms with Crippen molar-refractivity contribution in [3.05, 3.63) is 0 Å². The molecule has 0 radical (unpaired) electrons. The molecule has 0 saturated carbocycles. The maximum Gasteiger partial charge on any atom is 0.397 e. The SMILES string of the molecule is CCCCCCC(CCC)(CCC)OS(=O)(=O)O. The molecule has 0 rings (SSSR count). The van der Waals surface area contributed by atoms with Crippen molar-refractivity contribution in [2.45, 2.75) is 84.2 Å². The maximum absolute atomic E-state index is 11.0.